The van der Waals surface area contributed by atoms with Crippen LogP contribution in [0.1, 0.15) is 17.4 Å². The van der Waals surface area contributed by atoms with Gasteiger partial charge in [0.25, 0.3) is 0 Å². The molecule has 3 heterocycles. The second-order valence-electron chi connectivity index (χ2n) is 7.00. The summed E-state index contributed by atoms with van der Waals surface area (Å²) in [6.07, 6.45) is 2.78. The Balaban J connectivity index is 1.53. The minimum absolute atomic E-state index is 0.172. The van der Waals surface area contributed by atoms with E-state index in [1.54, 1.807) is 49.8 Å². The van der Waals surface area contributed by atoms with Crippen LogP contribution in [0, 0.1) is 6.92 Å². The predicted octanol–water partition coefficient (Wildman–Crippen LogP) is 2.69. The summed E-state index contributed by atoms with van der Waals surface area (Å²) in [6.45, 7) is 2.55. The maximum Gasteiger partial charge on any atom is 0.243 e. The molecule has 162 valence electrons. The number of nitrogens with zero attached hydrogens (tertiary/aromatic N) is 4. The smallest absolute Gasteiger partial charge is 0.243 e. The number of rotatable bonds is 6. The van der Waals surface area contributed by atoms with Crippen molar-refractivity contribution < 1.29 is 17.9 Å². The number of nitrogens with one attached hydrogen (secondary N) is 1. The van der Waals surface area contributed by atoms with Crippen LogP contribution >= 0.6 is 0 Å². The van der Waals surface area contributed by atoms with Gasteiger partial charge in [-0.3, -0.25) is 0 Å². The van der Waals surface area contributed by atoms with Gasteiger partial charge in [-0.2, -0.15) is 4.31 Å². The van der Waals surface area contributed by atoms with Gasteiger partial charge in [0.1, 0.15) is 17.7 Å². The van der Waals surface area contributed by atoms with Crippen molar-refractivity contribution in [3.05, 3.63) is 66.1 Å². The second-order valence-corrected chi connectivity index (χ2v) is 8.94. The van der Waals surface area contributed by atoms with Gasteiger partial charge < -0.3 is 14.8 Å². The third-order valence-electron chi connectivity index (χ3n) is 4.94. The van der Waals surface area contributed by atoms with Crippen molar-refractivity contribution in [3.63, 3.8) is 0 Å². The van der Waals surface area contributed by atoms with E-state index >= 15 is 0 Å². The van der Waals surface area contributed by atoms with Crippen LogP contribution in [0.25, 0.3) is 0 Å². The number of hydrogen-bond acceptors (Lipinski definition) is 8. The minimum Gasteiger partial charge on any atom is -0.496 e. The molecule has 0 aliphatic carbocycles. The zero-order valence-electron chi connectivity index (χ0n) is 17.2. The molecule has 9 nitrogen and oxygen atoms in total. The molecule has 1 aliphatic heterocycles. The molecule has 1 atom stereocenters. The molecular weight excluding hydrogens is 418 g/mol. The van der Waals surface area contributed by atoms with Crippen LogP contribution in [0.2, 0.25) is 0 Å². The molecule has 1 aliphatic rings. The molecule has 1 saturated heterocycles. The first-order valence-electron chi connectivity index (χ1n) is 9.75. The SMILES string of the molecule is COc1ccc(S(=O)(=O)N2CCO[C@H](c3cccc(Nc4ncccn4)n3)C2)cc1C. The van der Waals surface area contributed by atoms with Gasteiger partial charge in [0.05, 0.1) is 24.3 Å². The van der Waals surface area contributed by atoms with E-state index in [0.717, 1.165) is 5.56 Å². The first-order chi connectivity index (χ1) is 15.0. The Kier molecular flexibility index (Phi) is 6.12. The quantitative estimate of drug-likeness (QED) is 0.622. The van der Waals surface area contributed by atoms with E-state index in [4.69, 9.17) is 9.47 Å². The lowest BCUT2D eigenvalue weighted by Gasteiger charge is -2.32. The minimum atomic E-state index is -3.67. The Bertz CT molecular complexity index is 1160. The first-order valence-corrected chi connectivity index (χ1v) is 11.2. The van der Waals surface area contributed by atoms with Crippen LogP contribution in [-0.4, -0.2) is 54.5 Å². The Labute approximate surface area is 181 Å². The monoisotopic (exact) mass is 441 g/mol. The largest absolute Gasteiger partial charge is 0.496 e. The Morgan fingerprint density at radius 3 is 2.71 bits per heavy atom. The van der Waals surface area contributed by atoms with E-state index in [9.17, 15) is 8.42 Å². The van der Waals surface area contributed by atoms with Crippen molar-refractivity contribution >= 4 is 21.8 Å². The van der Waals surface area contributed by atoms with Crippen molar-refractivity contribution in [1.82, 2.24) is 19.3 Å². The van der Waals surface area contributed by atoms with E-state index in [0.29, 0.717) is 23.2 Å². The average molecular weight is 442 g/mol. The number of ether oxygens (including phenoxy) is 2. The van der Waals surface area contributed by atoms with E-state index < -0.39 is 16.1 Å². The predicted molar refractivity (Wildman–Crippen MR) is 115 cm³/mol. The van der Waals surface area contributed by atoms with Crippen molar-refractivity contribution in [2.24, 2.45) is 0 Å². The Hall–Kier alpha value is -3.08. The van der Waals surface area contributed by atoms with Crippen molar-refractivity contribution in [2.75, 3.05) is 32.1 Å². The molecule has 4 rings (SSSR count). The molecule has 0 radical (unpaired) electrons. The molecule has 10 heteroatoms. The van der Waals surface area contributed by atoms with Gasteiger partial charge >= 0.3 is 0 Å². The number of hydrogen-bond donors (Lipinski definition) is 1. The fourth-order valence-electron chi connectivity index (χ4n) is 3.36. The first kappa shape index (κ1) is 21.2. The zero-order valence-corrected chi connectivity index (χ0v) is 18.0. The summed E-state index contributed by atoms with van der Waals surface area (Å²) in [5.74, 6) is 1.63. The number of pyridine rings is 1. The van der Waals surface area contributed by atoms with Crippen molar-refractivity contribution in [1.29, 1.82) is 0 Å². The highest BCUT2D eigenvalue weighted by Gasteiger charge is 2.32. The number of sulfonamides is 1. The van der Waals surface area contributed by atoms with Gasteiger partial charge in [-0.1, -0.05) is 6.07 Å². The van der Waals surface area contributed by atoms with E-state index in [1.807, 2.05) is 19.1 Å². The maximum atomic E-state index is 13.2. The lowest BCUT2D eigenvalue weighted by molar-refractivity contribution is -0.00486. The second kappa shape index (κ2) is 8.96. The van der Waals surface area contributed by atoms with Gasteiger partial charge in [-0.15, -0.1) is 0 Å². The molecule has 0 saturated carbocycles. The molecule has 0 spiro atoms. The van der Waals surface area contributed by atoms with Gasteiger partial charge in [0.2, 0.25) is 16.0 Å². The van der Waals surface area contributed by atoms with Gasteiger partial charge in [0.15, 0.2) is 0 Å². The summed E-state index contributed by atoms with van der Waals surface area (Å²) in [5, 5.41) is 3.04. The highest BCUT2D eigenvalue weighted by atomic mass is 32.2. The van der Waals surface area contributed by atoms with Crippen LogP contribution in [0.5, 0.6) is 5.75 Å². The molecule has 0 amide bonds. The normalized spacial score (nSPS) is 17.3. The summed E-state index contributed by atoms with van der Waals surface area (Å²) in [5.41, 5.74) is 1.39. The fourth-order valence-corrected chi connectivity index (χ4v) is 4.87. The molecule has 0 unspecified atom stereocenters. The number of benzene rings is 1. The molecule has 0 bridgehead atoms. The summed E-state index contributed by atoms with van der Waals surface area (Å²) in [7, 11) is -2.12. The lowest BCUT2D eigenvalue weighted by Crippen LogP contribution is -2.42. The molecule has 1 fully saturated rings. The zero-order chi connectivity index (χ0) is 21.8. The average Bonchev–Trinajstić information content (AvgIpc) is 2.80. The highest BCUT2D eigenvalue weighted by molar-refractivity contribution is 7.89. The third-order valence-corrected chi connectivity index (χ3v) is 6.80. The molecule has 31 heavy (non-hydrogen) atoms. The van der Waals surface area contributed by atoms with Crippen molar-refractivity contribution in [2.45, 2.75) is 17.9 Å². The highest BCUT2D eigenvalue weighted by Crippen LogP contribution is 2.28. The van der Waals surface area contributed by atoms with Crippen LogP contribution in [0.3, 0.4) is 0 Å². The van der Waals surface area contributed by atoms with Crippen LogP contribution < -0.4 is 10.1 Å². The van der Waals surface area contributed by atoms with E-state index in [2.05, 4.69) is 20.3 Å². The standard InChI is InChI=1S/C21H23N5O4S/c1-15-13-16(7-8-18(15)29-2)31(27,28)26-11-12-30-19(14-26)17-5-3-6-20(24-17)25-21-22-9-4-10-23-21/h3-10,13,19H,11-12,14H2,1-2H3,(H,22,23,24,25)/t19-/m0/s1. The van der Waals surface area contributed by atoms with Gasteiger partial charge in [0, 0.05) is 25.5 Å². The van der Waals surface area contributed by atoms with Crippen LogP contribution in [-0.2, 0) is 14.8 Å². The van der Waals surface area contributed by atoms with Crippen LogP contribution in [0.15, 0.2) is 59.8 Å². The van der Waals surface area contributed by atoms with Gasteiger partial charge in [-0.05, 0) is 48.9 Å². The molecule has 1 aromatic carbocycles. The van der Waals surface area contributed by atoms with E-state index in [-0.39, 0.29) is 24.6 Å². The van der Waals surface area contributed by atoms with Crippen molar-refractivity contribution in [3.8, 4) is 5.75 Å². The molecule has 1 N–H and O–H groups in total. The lowest BCUT2D eigenvalue weighted by atomic mass is 10.2. The summed E-state index contributed by atoms with van der Waals surface area (Å²) in [4.78, 5) is 13.0. The number of anilines is 2. The molecular formula is C21H23N5O4S. The van der Waals surface area contributed by atoms with E-state index in [1.165, 1.54) is 4.31 Å². The maximum absolute atomic E-state index is 13.2. The fraction of sp³-hybridized carbons (Fsp3) is 0.286. The van der Waals surface area contributed by atoms with Gasteiger partial charge in [-0.25, -0.2) is 23.4 Å². The topological polar surface area (TPSA) is 107 Å². The van der Waals surface area contributed by atoms with Crippen LogP contribution in [0.4, 0.5) is 11.8 Å². The molecule has 2 aromatic heterocycles. The number of methoxy groups -OCH3 is 1. The number of aryl methyl sites for hydroxylation is 1. The number of aromatic nitrogens is 3. The Morgan fingerprint density at radius 2 is 1.97 bits per heavy atom. The summed E-state index contributed by atoms with van der Waals surface area (Å²) in [6, 6.07) is 12.0. The summed E-state index contributed by atoms with van der Waals surface area (Å²) < 4.78 is 38.9. The molecule has 3 aromatic rings. The summed E-state index contributed by atoms with van der Waals surface area (Å²) >= 11 is 0. The number of morpholine rings is 1. The Morgan fingerprint density at radius 1 is 1.16 bits per heavy atom. The third kappa shape index (κ3) is 4.66.